The van der Waals surface area contributed by atoms with Crippen LogP contribution in [0.1, 0.15) is 24.1 Å². The SMILES string of the molecule is N#Cc1ccc(S(=O)(=O)N(Cc2ccsc2)C2CC2)cn1. The minimum atomic E-state index is -3.57. The monoisotopic (exact) mass is 319 g/mol. The molecule has 3 rings (SSSR count). The first-order chi connectivity index (χ1) is 10.1. The number of nitrogens with zero attached hydrogens (tertiary/aromatic N) is 3. The van der Waals surface area contributed by atoms with Crippen molar-refractivity contribution in [2.45, 2.75) is 30.3 Å². The van der Waals surface area contributed by atoms with Crippen molar-refractivity contribution in [3.05, 3.63) is 46.4 Å². The fraction of sp³-hybridized carbons (Fsp3) is 0.286. The lowest BCUT2D eigenvalue weighted by molar-refractivity contribution is 0.399. The number of rotatable bonds is 5. The number of aromatic nitrogens is 1. The summed E-state index contributed by atoms with van der Waals surface area (Å²) >= 11 is 1.56. The standard InChI is InChI=1S/C14H13N3O2S2/c15-7-12-1-4-14(8-16-12)21(18,19)17(13-2-3-13)9-11-5-6-20-10-11/h1,4-6,8,10,13H,2-3,9H2. The summed E-state index contributed by atoms with van der Waals surface area (Å²) in [6.07, 6.45) is 3.05. The predicted octanol–water partition coefficient (Wildman–Crippen LogP) is 2.37. The third-order valence-corrected chi connectivity index (χ3v) is 5.94. The van der Waals surface area contributed by atoms with E-state index in [-0.39, 0.29) is 16.6 Å². The maximum absolute atomic E-state index is 12.7. The van der Waals surface area contributed by atoms with Crippen molar-refractivity contribution < 1.29 is 8.42 Å². The molecule has 2 aromatic rings. The van der Waals surface area contributed by atoms with Gasteiger partial charge in [-0.1, -0.05) is 0 Å². The van der Waals surface area contributed by atoms with E-state index in [0.29, 0.717) is 6.54 Å². The zero-order chi connectivity index (χ0) is 14.9. The molecule has 0 bridgehead atoms. The van der Waals surface area contributed by atoms with Gasteiger partial charge in [0.15, 0.2) is 0 Å². The summed E-state index contributed by atoms with van der Waals surface area (Å²) < 4.78 is 27.0. The molecule has 108 valence electrons. The van der Waals surface area contributed by atoms with Crippen molar-refractivity contribution in [3.8, 4) is 6.07 Å². The first kappa shape index (κ1) is 14.2. The van der Waals surface area contributed by atoms with Crippen LogP contribution in [-0.2, 0) is 16.6 Å². The van der Waals surface area contributed by atoms with Crippen LogP contribution in [0.15, 0.2) is 40.1 Å². The smallest absolute Gasteiger partial charge is 0.244 e. The van der Waals surface area contributed by atoms with E-state index in [9.17, 15) is 8.42 Å². The average Bonchev–Trinajstić information content (AvgIpc) is 3.20. The number of nitriles is 1. The van der Waals surface area contributed by atoms with Gasteiger partial charge in [0.2, 0.25) is 10.0 Å². The van der Waals surface area contributed by atoms with Gasteiger partial charge in [-0.25, -0.2) is 13.4 Å². The van der Waals surface area contributed by atoms with E-state index in [2.05, 4.69) is 4.98 Å². The van der Waals surface area contributed by atoms with Gasteiger partial charge in [0.1, 0.15) is 16.7 Å². The molecule has 7 heteroatoms. The first-order valence-electron chi connectivity index (χ1n) is 6.50. The quantitative estimate of drug-likeness (QED) is 0.848. The van der Waals surface area contributed by atoms with Gasteiger partial charge < -0.3 is 0 Å². The maximum atomic E-state index is 12.7. The summed E-state index contributed by atoms with van der Waals surface area (Å²) in [5.41, 5.74) is 1.21. The van der Waals surface area contributed by atoms with Gasteiger partial charge >= 0.3 is 0 Å². The molecular weight excluding hydrogens is 306 g/mol. The zero-order valence-electron chi connectivity index (χ0n) is 11.1. The van der Waals surface area contributed by atoms with E-state index < -0.39 is 10.0 Å². The molecule has 5 nitrogen and oxygen atoms in total. The third-order valence-electron chi connectivity index (χ3n) is 3.33. The number of pyridine rings is 1. The molecule has 21 heavy (non-hydrogen) atoms. The molecule has 0 spiro atoms. The lowest BCUT2D eigenvalue weighted by Crippen LogP contribution is -2.32. The molecular formula is C14H13N3O2S2. The van der Waals surface area contributed by atoms with E-state index in [1.54, 1.807) is 11.3 Å². The predicted molar refractivity (Wildman–Crippen MR) is 79.0 cm³/mol. The van der Waals surface area contributed by atoms with Gasteiger partial charge in [-0.2, -0.15) is 20.9 Å². The van der Waals surface area contributed by atoms with Crippen LogP contribution in [0.5, 0.6) is 0 Å². The number of hydrogen-bond donors (Lipinski definition) is 0. The highest BCUT2D eigenvalue weighted by Crippen LogP contribution is 2.33. The fourth-order valence-electron chi connectivity index (χ4n) is 2.07. The second kappa shape index (κ2) is 5.56. The van der Waals surface area contributed by atoms with Crippen molar-refractivity contribution in [3.63, 3.8) is 0 Å². The minimum absolute atomic E-state index is 0.0746. The normalized spacial score (nSPS) is 15.0. The third kappa shape index (κ3) is 2.97. The average molecular weight is 319 g/mol. The Hall–Kier alpha value is -1.75. The summed E-state index contributed by atoms with van der Waals surface area (Å²) in [7, 11) is -3.57. The lowest BCUT2D eigenvalue weighted by Gasteiger charge is -2.21. The molecule has 1 fully saturated rings. The molecule has 2 heterocycles. The van der Waals surface area contributed by atoms with Crippen LogP contribution in [-0.4, -0.2) is 23.7 Å². The minimum Gasteiger partial charge on any atom is -0.244 e. The highest BCUT2D eigenvalue weighted by molar-refractivity contribution is 7.89. The van der Waals surface area contributed by atoms with Gasteiger partial charge in [-0.15, -0.1) is 0 Å². The Labute approximate surface area is 127 Å². The van der Waals surface area contributed by atoms with Crippen molar-refractivity contribution in [2.24, 2.45) is 0 Å². The van der Waals surface area contributed by atoms with Gasteiger partial charge in [-0.3, -0.25) is 0 Å². The van der Waals surface area contributed by atoms with E-state index in [1.807, 2.05) is 22.9 Å². The summed E-state index contributed by atoms with van der Waals surface area (Å²) in [5.74, 6) is 0. The number of thiophene rings is 1. The highest BCUT2D eigenvalue weighted by Gasteiger charge is 2.38. The van der Waals surface area contributed by atoms with Crippen LogP contribution < -0.4 is 0 Å². The van der Waals surface area contributed by atoms with Crippen LogP contribution in [0, 0.1) is 11.3 Å². The molecule has 0 radical (unpaired) electrons. The Morgan fingerprint density at radius 3 is 2.71 bits per heavy atom. The maximum Gasteiger partial charge on any atom is 0.245 e. The summed E-state index contributed by atoms with van der Waals surface area (Å²) in [4.78, 5) is 4.00. The fourth-order valence-corrected chi connectivity index (χ4v) is 4.35. The van der Waals surface area contributed by atoms with E-state index >= 15 is 0 Å². The highest BCUT2D eigenvalue weighted by atomic mass is 32.2. The summed E-state index contributed by atoms with van der Waals surface area (Å²) in [5, 5.41) is 12.6. The second-order valence-electron chi connectivity index (χ2n) is 4.90. The molecule has 0 aliphatic heterocycles. The molecule has 0 saturated heterocycles. The van der Waals surface area contributed by atoms with Gasteiger partial charge in [0.25, 0.3) is 0 Å². The molecule has 1 aliphatic rings. The summed E-state index contributed by atoms with van der Waals surface area (Å²) in [6, 6.07) is 6.78. The Bertz CT molecular complexity index is 758. The van der Waals surface area contributed by atoms with Crippen LogP contribution in [0.2, 0.25) is 0 Å². The molecule has 0 N–H and O–H groups in total. The zero-order valence-corrected chi connectivity index (χ0v) is 12.8. The van der Waals surface area contributed by atoms with Crippen molar-refractivity contribution in [1.82, 2.24) is 9.29 Å². The van der Waals surface area contributed by atoms with Gasteiger partial charge in [-0.05, 0) is 47.4 Å². The van der Waals surface area contributed by atoms with E-state index in [0.717, 1.165) is 18.4 Å². The Balaban J connectivity index is 1.91. The Morgan fingerprint density at radius 2 is 2.19 bits per heavy atom. The molecule has 0 unspecified atom stereocenters. The molecule has 0 amide bonds. The molecule has 1 saturated carbocycles. The molecule has 0 atom stereocenters. The number of hydrogen-bond acceptors (Lipinski definition) is 5. The van der Waals surface area contributed by atoms with Crippen molar-refractivity contribution in [2.75, 3.05) is 0 Å². The molecule has 0 aromatic carbocycles. The van der Waals surface area contributed by atoms with Crippen molar-refractivity contribution >= 4 is 21.4 Å². The lowest BCUT2D eigenvalue weighted by atomic mass is 10.3. The van der Waals surface area contributed by atoms with Crippen LogP contribution in [0.4, 0.5) is 0 Å². The van der Waals surface area contributed by atoms with E-state index in [4.69, 9.17) is 5.26 Å². The van der Waals surface area contributed by atoms with E-state index in [1.165, 1.54) is 22.6 Å². The van der Waals surface area contributed by atoms with Crippen molar-refractivity contribution in [1.29, 1.82) is 5.26 Å². The van der Waals surface area contributed by atoms with Gasteiger partial charge in [0.05, 0.1) is 0 Å². The van der Waals surface area contributed by atoms with Crippen LogP contribution in [0.25, 0.3) is 0 Å². The topological polar surface area (TPSA) is 74.1 Å². The van der Waals surface area contributed by atoms with Gasteiger partial charge in [0, 0.05) is 18.8 Å². The summed E-state index contributed by atoms with van der Waals surface area (Å²) in [6.45, 7) is 0.385. The largest absolute Gasteiger partial charge is 0.245 e. The first-order valence-corrected chi connectivity index (χ1v) is 8.88. The Morgan fingerprint density at radius 1 is 1.38 bits per heavy atom. The van der Waals surface area contributed by atoms with Crippen LogP contribution >= 0.6 is 11.3 Å². The molecule has 2 aromatic heterocycles. The van der Waals surface area contributed by atoms with Crippen LogP contribution in [0.3, 0.4) is 0 Å². The molecule has 1 aliphatic carbocycles. The second-order valence-corrected chi connectivity index (χ2v) is 7.57. The number of sulfonamides is 1. The Kier molecular flexibility index (Phi) is 3.76.